The Labute approximate surface area is 192 Å². The Morgan fingerprint density at radius 3 is 2.82 bits per heavy atom. The van der Waals surface area contributed by atoms with Gasteiger partial charge in [0.05, 0.1) is 28.7 Å². The summed E-state index contributed by atoms with van der Waals surface area (Å²) in [6.07, 6.45) is 4.02. The van der Waals surface area contributed by atoms with Crippen molar-refractivity contribution in [2.45, 2.75) is 57.4 Å². The lowest BCUT2D eigenvalue weighted by atomic mass is 9.93. The predicted octanol–water partition coefficient (Wildman–Crippen LogP) is 5.37. The number of rotatable bonds is 10. The smallest absolute Gasteiger partial charge is 0.255 e. The average molecular weight is 457 g/mol. The quantitative estimate of drug-likeness (QED) is 0.418. The number of aliphatic imine (C=N–C) groups is 1. The van der Waals surface area contributed by atoms with Crippen LogP contribution < -0.4 is 16.0 Å². The number of aromatic nitrogens is 2. The summed E-state index contributed by atoms with van der Waals surface area (Å²) in [5.74, 6) is 0.448. The molecule has 3 unspecified atom stereocenters. The lowest BCUT2D eigenvalue weighted by Gasteiger charge is -2.28. The number of alkyl halides is 2. The highest BCUT2D eigenvalue weighted by atomic mass is 19.1. The monoisotopic (exact) mass is 456 g/mol. The minimum absolute atomic E-state index is 0.0954. The van der Waals surface area contributed by atoms with E-state index in [1.165, 1.54) is 6.20 Å². The molecular weight excluding hydrogens is 426 g/mol. The van der Waals surface area contributed by atoms with E-state index in [0.717, 1.165) is 12.8 Å². The number of nitrogens with one attached hydrogen (secondary N) is 3. The number of amides is 1. The molecule has 2 aromatic rings. The second kappa shape index (κ2) is 11.5. The van der Waals surface area contributed by atoms with Crippen LogP contribution in [-0.4, -0.2) is 47.5 Å². The van der Waals surface area contributed by atoms with E-state index in [1.54, 1.807) is 31.2 Å². The first-order valence-electron chi connectivity index (χ1n) is 11.1. The van der Waals surface area contributed by atoms with Gasteiger partial charge in [0.1, 0.15) is 24.0 Å². The summed E-state index contributed by atoms with van der Waals surface area (Å²) in [5, 5.41) is 8.85. The number of carbonyl (C=O) groups excluding carboxylic acids is 1. The van der Waals surface area contributed by atoms with Gasteiger partial charge in [-0.25, -0.2) is 18.7 Å². The number of hydrogen-bond donors (Lipinski definition) is 3. The van der Waals surface area contributed by atoms with Crippen LogP contribution in [0.25, 0.3) is 6.08 Å². The van der Waals surface area contributed by atoms with E-state index in [-0.39, 0.29) is 12.1 Å². The maximum absolute atomic E-state index is 14.5. The predicted molar refractivity (Wildman–Crippen MR) is 129 cm³/mol. The number of anilines is 3. The van der Waals surface area contributed by atoms with Crippen LogP contribution in [0.15, 0.2) is 36.0 Å². The van der Waals surface area contributed by atoms with Gasteiger partial charge in [0.25, 0.3) is 5.91 Å². The summed E-state index contributed by atoms with van der Waals surface area (Å²) in [6, 6.07) is 4.69. The molecule has 1 fully saturated rings. The van der Waals surface area contributed by atoms with E-state index >= 15 is 0 Å². The zero-order chi connectivity index (χ0) is 23.8. The number of halogens is 2. The summed E-state index contributed by atoms with van der Waals surface area (Å²) < 4.78 is 28.1. The van der Waals surface area contributed by atoms with E-state index in [0.29, 0.717) is 48.0 Å². The summed E-state index contributed by atoms with van der Waals surface area (Å²) in [6.45, 7) is 8.86. The SMILES string of the molecule is C=Cc1nc(Nc2cc(NC3CCCCC3F)c(C(=O)NCC(F)CC)cn2)ccc1N=C. The first-order chi connectivity index (χ1) is 15.9. The number of nitrogens with zero attached hydrogens (tertiary/aromatic N) is 3. The van der Waals surface area contributed by atoms with Crippen LogP contribution in [0.5, 0.6) is 0 Å². The molecule has 1 amide bonds. The molecule has 0 saturated heterocycles. The first-order valence-corrected chi connectivity index (χ1v) is 11.1. The normalized spacial score (nSPS) is 18.8. The Kier molecular flexibility index (Phi) is 8.46. The highest BCUT2D eigenvalue weighted by molar-refractivity contribution is 5.99. The van der Waals surface area contributed by atoms with Crippen LogP contribution in [0.3, 0.4) is 0 Å². The zero-order valence-electron chi connectivity index (χ0n) is 18.8. The van der Waals surface area contributed by atoms with Crippen molar-refractivity contribution < 1.29 is 13.6 Å². The molecule has 7 nitrogen and oxygen atoms in total. The average Bonchev–Trinajstić information content (AvgIpc) is 2.83. The molecule has 0 bridgehead atoms. The molecule has 2 heterocycles. The fourth-order valence-electron chi connectivity index (χ4n) is 3.67. The van der Waals surface area contributed by atoms with Crippen LogP contribution in [-0.2, 0) is 0 Å². The maximum Gasteiger partial charge on any atom is 0.255 e. The van der Waals surface area contributed by atoms with Gasteiger partial charge in [0, 0.05) is 18.8 Å². The third-order valence-electron chi connectivity index (χ3n) is 5.62. The molecule has 176 valence electrons. The fourth-order valence-corrected chi connectivity index (χ4v) is 3.67. The Morgan fingerprint density at radius 2 is 2.12 bits per heavy atom. The van der Waals surface area contributed by atoms with Crippen molar-refractivity contribution in [2.24, 2.45) is 4.99 Å². The van der Waals surface area contributed by atoms with Crippen LogP contribution >= 0.6 is 0 Å². The lowest BCUT2D eigenvalue weighted by molar-refractivity contribution is 0.0941. The molecule has 3 N–H and O–H groups in total. The van der Waals surface area contributed by atoms with Gasteiger partial charge in [0.15, 0.2) is 0 Å². The van der Waals surface area contributed by atoms with Gasteiger partial charge in [-0.3, -0.25) is 9.79 Å². The largest absolute Gasteiger partial charge is 0.379 e. The van der Waals surface area contributed by atoms with Crippen LogP contribution in [0, 0.1) is 0 Å². The lowest BCUT2D eigenvalue weighted by Crippen LogP contribution is -2.35. The second-order valence-corrected chi connectivity index (χ2v) is 7.97. The molecule has 0 radical (unpaired) electrons. The molecule has 0 aromatic carbocycles. The summed E-state index contributed by atoms with van der Waals surface area (Å²) in [7, 11) is 0. The van der Waals surface area contributed by atoms with Gasteiger partial charge in [-0.15, -0.1) is 0 Å². The van der Waals surface area contributed by atoms with E-state index < -0.39 is 24.3 Å². The molecular formula is C24H30F2N6O. The van der Waals surface area contributed by atoms with Gasteiger partial charge in [-0.1, -0.05) is 26.3 Å². The first kappa shape index (κ1) is 24.3. The molecule has 3 rings (SSSR count). The minimum atomic E-state index is -1.13. The molecule has 3 atom stereocenters. The Hall–Kier alpha value is -3.36. The summed E-state index contributed by atoms with van der Waals surface area (Å²) >= 11 is 0. The van der Waals surface area contributed by atoms with Gasteiger partial charge in [-0.2, -0.15) is 0 Å². The third kappa shape index (κ3) is 6.34. The Bertz CT molecular complexity index is 999. The van der Waals surface area contributed by atoms with E-state index in [4.69, 9.17) is 0 Å². The highest BCUT2D eigenvalue weighted by Crippen LogP contribution is 2.28. The molecule has 1 aliphatic carbocycles. The number of pyridine rings is 2. The van der Waals surface area contributed by atoms with Crippen molar-refractivity contribution in [3.8, 4) is 0 Å². The van der Waals surface area contributed by atoms with Gasteiger partial charge < -0.3 is 16.0 Å². The molecule has 33 heavy (non-hydrogen) atoms. The molecule has 0 aliphatic heterocycles. The topological polar surface area (TPSA) is 91.3 Å². The molecule has 1 aliphatic rings. The summed E-state index contributed by atoms with van der Waals surface area (Å²) in [5.41, 5.74) is 1.82. The standard InChI is InChI=1S/C24H30F2N6O/c1-4-15(25)13-29-24(33)16-14-28-23(12-21(16)30-19-9-7-6-8-17(19)26)32-22-11-10-20(27-3)18(5-2)31-22/h5,10-12,14-15,17,19H,2-4,6-9,13H2,1H3,(H,29,33)(H2,28,30,31,32). The van der Waals surface area contributed by atoms with Crippen molar-refractivity contribution in [1.82, 2.24) is 15.3 Å². The van der Waals surface area contributed by atoms with Crippen molar-refractivity contribution >= 4 is 41.7 Å². The van der Waals surface area contributed by atoms with Crippen molar-refractivity contribution in [3.63, 3.8) is 0 Å². The Morgan fingerprint density at radius 1 is 1.33 bits per heavy atom. The van der Waals surface area contributed by atoms with E-state index in [1.807, 2.05) is 0 Å². The van der Waals surface area contributed by atoms with Gasteiger partial charge >= 0.3 is 0 Å². The third-order valence-corrected chi connectivity index (χ3v) is 5.62. The maximum atomic E-state index is 14.5. The minimum Gasteiger partial charge on any atom is -0.379 e. The summed E-state index contributed by atoms with van der Waals surface area (Å²) in [4.78, 5) is 25.4. The zero-order valence-corrected chi connectivity index (χ0v) is 18.8. The Balaban J connectivity index is 1.87. The number of carbonyl (C=O) groups is 1. The van der Waals surface area contributed by atoms with Crippen LogP contribution in [0.1, 0.15) is 55.1 Å². The molecule has 9 heteroatoms. The highest BCUT2D eigenvalue weighted by Gasteiger charge is 2.26. The van der Waals surface area contributed by atoms with Gasteiger partial charge in [-0.05, 0) is 44.2 Å². The van der Waals surface area contributed by atoms with E-state index in [9.17, 15) is 13.6 Å². The molecule has 1 saturated carbocycles. The van der Waals surface area contributed by atoms with Crippen LogP contribution in [0.2, 0.25) is 0 Å². The van der Waals surface area contributed by atoms with Crippen molar-refractivity contribution in [3.05, 3.63) is 42.2 Å². The van der Waals surface area contributed by atoms with Crippen molar-refractivity contribution in [1.29, 1.82) is 0 Å². The molecule has 2 aromatic heterocycles. The van der Waals surface area contributed by atoms with E-state index in [2.05, 4.69) is 44.2 Å². The van der Waals surface area contributed by atoms with Crippen LogP contribution in [0.4, 0.5) is 31.8 Å². The molecule has 0 spiro atoms. The van der Waals surface area contributed by atoms with Crippen molar-refractivity contribution in [2.75, 3.05) is 17.2 Å². The fraction of sp³-hybridized carbons (Fsp3) is 0.417. The number of hydrogen-bond acceptors (Lipinski definition) is 6. The second-order valence-electron chi connectivity index (χ2n) is 7.97. The van der Waals surface area contributed by atoms with Gasteiger partial charge in [0.2, 0.25) is 0 Å².